The van der Waals surface area contributed by atoms with Crippen molar-refractivity contribution in [1.29, 1.82) is 0 Å². The summed E-state index contributed by atoms with van der Waals surface area (Å²) in [6, 6.07) is 6.32. The smallest absolute Gasteiger partial charge is 0.333 e. The number of rotatable bonds is 3. The standard InChI is InChI=1S/C22H29N3O5S/c1-21(2,3)12-24-18(26)17(19(27)25(20(24)28)13-22(4,5)6)15-11-31(29,30)16-10-8-7-9-14(16)23-15/h7-11,23,26H,12-13H2,1-6H3. The van der Waals surface area contributed by atoms with Crippen LogP contribution >= 0.6 is 0 Å². The lowest BCUT2D eigenvalue weighted by molar-refractivity contribution is 0.276. The van der Waals surface area contributed by atoms with Crippen molar-refractivity contribution in [2.75, 3.05) is 5.32 Å². The molecule has 2 aromatic rings. The van der Waals surface area contributed by atoms with Gasteiger partial charge in [-0.3, -0.25) is 13.9 Å². The maximum absolute atomic E-state index is 13.3. The first kappa shape index (κ1) is 22.9. The van der Waals surface area contributed by atoms with Gasteiger partial charge in [0.2, 0.25) is 15.7 Å². The van der Waals surface area contributed by atoms with E-state index in [0.717, 1.165) is 14.5 Å². The molecule has 0 spiro atoms. The molecular weight excluding hydrogens is 418 g/mol. The summed E-state index contributed by atoms with van der Waals surface area (Å²) < 4.78 is 27.8. The largest absolute Gasteiger partial charge is 0.494 e. The van der Waals surface area contributed by atoms with E-state index >= 15 is 0 Å². The third-order valence-electron chi connectivity index (χ3n) is 4.67. The van der Waals surface area contributed by atoms with Gasteiger partial charge in [0.25, 0.3) is 5.56 Å². The molecule has 9 heteroatoms. The fourth-order valence-electron chi connectivity index (χ4n) is 3.49. The molecular formula is C22H29N3O5S. The van der Waals surface area contributed by atoms with Crippen LogP contribution in [0.4, 0.5) is 5.69 Å². The van der Waals surface area contributed by atoms with E-state index in [1.807, 2.05) is 41.5 Å². The van der Waals surface area contributed by atoms with E-state index in [1.54, 1.807) is 18.2 Å². The molecule has 168 valence electrons. The van der Waals surface area contributed by atoms with E-state index in [1.165, 1.54) is 6.07 Å². The van der Waals surface area contributed by atoms with E-state index in [0.29, 0.717) is 5.69 Å². The summed E-state index contributed by atoms with van der Waals surface area (Å²) in [6.07, 6.45) is 0. The van der Waals surface area contributed by atoms with Gasteiger partial charge in [-0.1, -0.05) is 53.7 Å². The zero-order chi connectivity index (χ0) is 23.4. The van der Waals surface area contributed by atoms with Crippen molar-refractivity contribution in [2.24, 2.45) is 10.8 Å². The van der Waals surface area contributed by atoms with Gasteiger partial charge in [-0.25, -0.2) is 13.2 Å². The average molecular weight is 448 g/mol. The molecule has 0 fully saturated rings. The minimum Gasteiger partial charge on any atom is -0.494 e. The van der Waals surface area contributed by atoms with Crippen LogP contribution in [0.3, 0.4) is 0 Å². The van der Waals surface area contributed by atoms with Crippen LogP contribution in [0.2, 0.25) is 0 Å². The number of benzene rings is 1. The molecule has 1 aliphatic rings. The summed E-state index contributed by atoms with van der Waals surface area (Å²) in [7, 11) is -3.85. The molecule has 3 rings (SSSR count). The van der Waals surface area contributed by atoms with Crippen molar-refractivity contribution >= 4 is 21.2 Å². The van der Waals surface area contributed by atoms with Crippen LogP contribution in [-0.2, 0) is 22.9 Å². The van der Waals surface area contributed by atoms with Gasteiger partial charge >= 0.3 is 5.69 Å². The summed E-state index contributed by atoms with van der Waals surface area (Å²) in [6.45, 7) is 11.6. The van der Waals surface area contributed by atoms with Gasteiger partial charge in [0.15, 0.2) is 0 Å². The number of para-hydroxylation sites is 1. The molecule has 0 aliphatic carbocycles. The second-order valence-electron chi connectivity index (χ2n) is 10.3. The highest BCUT2D eigenvalue weighted by Crippen LogP contribution is 2.34. The zero-order valence-corrected chi connectivity index (χ0v) is 19.5. The van der Waals surface area contributed by atoms with Gasteiger partial charge in [0, 0.05) is 13.1 Å². The number of nitrogens with one attached hydrogen (secondary N) is 1. The topological polar surface area (TPSA) is 110 Å². The van der Waals surface area contributed by atoms with Crippen LogP contribution in [-0.4, -0.2) is 22.7 Å². The maximum Gasteiger partial charge on any atom is 0.333 e. The number of aromatic nitrogens is 2. The van der Waals surface area contributed by atoms with Crippen molar-refractivity contribution < 1.29 is 13.5 Å². The SMILES string of the molecule is CC(C)(C)Cn1c(O)c(C2=CS(=O)(=O)c3ccccc3N2)c(=O)n(CC(C)(C)C)c1=O. The fraction of sp³-hybridized carbons (Fsp3) is 0.455. The second kappa shape index (κ2) is 7.40. The fourth-order valence-corrected chi connectivity index (χ4v) is 4.80. The van der Waals surface area contributed by atoms with Crippen molar-refractivity contribution in [3.63, 3.8) is 0 Å². The van der Waals surface area contributed by atoms with Gasteiger partial charge in [0.1, 0.15) is 5.56 Å². The average Bonchev–Trinajstić information content (AvgIpc) is 2.60. The number of nitrogens with zero attached hydrogens (tertiary/aromatic N) is 2. The number of sulfone groups is 1. The minimum absolute atomic E-state index is 0.0634. The van der Waals surface area contributed by atoms with Gasteiger partial charge in [-0.05, 0) is 23.0 Å². The molecule has 2 N–H and O–H groups in total. The van der Waals surface area contributed by atoms with Crippen molar-refractivity contribution in [3.05, 3.63) is 56.1 Å². The summed E-state index contributed by atoms with van der Waals surface area (Å²) >= 11 is 0. The number of hydrogen-bond acceptors (Lipinski definition) is 6. The molecule has 0 saturated carbocycles. The van der Waals surface area contributed by atoms with Crippen molar-refractivity contribution in [3.8, 4) is 5.88 Å². The van der Waals surface area contributed by atoms with Crippen molar-refractivity contribution in [1.82, 2.24) is 9.13 Å². The lowest BCUT2D eigenvalue weighted by Crippen LogP contribution is -2.45. The second-order valence-corrected chi connectivity index (χ2v) is 12.0. The highest BCUT2D eigenvalue weighted by Gasteiger charge is 2.30. The van der Waals surface area contributed by atoms with Crippen LogP contribution in [0.5, 0.6) is 5.88 Å². The van der Waals surface area contributed by atoms with Crippen LogP contribution < -0.4 is 16.6 Å². The van der Waals surface area contributed by atoms with Crippen LogP contribution in [0.1, 0.15) is 47.1 Å². The molecule has 1 aromatic carbocycles. The molecule has 0 unspecified atom stereocenters. The summed E-state index contributed by atoms with van der Waals surface area (Å²) in [5, 5.41) is 14.9. The van der Waals surface area contributed by atoms with Gasteiger partial charge in [-0.15, -0.1) is 0 Å². The Morgan fingerprint density at radius 2 is 1.48 bits per heavy atom. The number of hydrogen-bond donors (Lipinski definition) is 2. The molecule has 0 saturated heterocycles. The Morgan fingerprint density at radius 1 is 0.935 bits per heavy atom. The van der Waals surface area contributed by atoms with Crippen LogP contribution in [0.15, 0.2) is 44.2 Å². The molecule has 0 atom stereocenters. The van der Waals surface area contributed by atoms with E-state index in [2.05, 4.69) is 5.32 Å². The van der Waals surface area contributed by atoms with Gasteiger partial charge in [-0.2, -0.15) is 0 Å². The normalized spacial score (nSPS) is 15.7. The van der Waals surface area contributed by atoms with Gasteiger partial charge in [0.05, 0.1) is 21.7 Å². The Morgan fingerprint density at radius 3 is 2.06 bits per heavy atom. The first-order valence-electron chi connectivity index (χ1n) is 10.0. The number of fused-ring (bicyclic) bond motifs is 1. The van der Waals surface area contributed by atoms with Crippen molar-refractivity contribution in [2.45, 2.75) is 59.5 Å². The lowest BCUT2D eigenvalue weighted by atomic mass is 9.96. The predicted molar refractivity (Wildman–Crippen MR) is 121 cm³/mol. The lowest BCUT2D eigenvalue weighted by Gasteiger charge is -2.26. The Balaban J connectivity index is 2.34. The number of anilines is 1. The predicted octanol–water partition coefficient (Wildman–Crippen LogP) is 3.01. The Hall–Kier alpha value is -2.81. The summed E-state index contributed by atoms with van der Waals surface area (Å²) in [4.78, 5) is 26.6. The third-order valence-corrected chi connectivity index (χ3v) is 6.19. The monoisotopic (exact) mass is 447 g/mol. The molecule has 0 radical (unpaired) electrons. The third kappa shape index (κ3) is 4.61. The molecule has 0 bridgehead atoms. The molecule has 31 heavy (non-hydrogen) atoms. The zero-order valence-electron chi connectivity index (χ0n) is 18.7. The highest BCUT2D eigenvalue weighted by atomic mass is 32.2. The number of aromatic hydroxyl groups is 1. The maximum atomic E-state index is 13.3. The van der Waals surface area contributed by atoms with E-state index < -0.39 is 32.4 Å². The van der Waals surface area contributed by atoms with E-state index in [9.17, 15) is 23.1 Å². The van der Waals surface area contributed by atoms with Gasteiger partial charge < -0.3 is 10.4 Å². The Kier molecular flexibility index (Phi) is 5.46. The molecule has 0 amide bonds. The summed E-state index contributed by atoms with van der Waals surface area (Å²) in [5.74, 6) is -0.552. The molecule has 1 aromatic heterocycles. The minimum atomic E-state index is -3.85. The summed E-state index contributed by atoms with van der Waals surface area (Å²) in [5.41, 5.74) is -2.15. The molecule has 1 aliphatic heterocycles. The van der Waals surface area contributed by atoms with E-state index in [-0.39, 0.29) is 34.7 Å². The first-order valence-corrected chi connectivity index (χ1v) is 11.6. The van der Waals surface area contributed by atoms with Crippen LogP contribution in [0.25, 0.3) is 5.70 Å². The Labute approximate surface area is 181 Å². The highest BCUT2D eigenvalue weighted by molar-refractivity contribution is 7.94. The van der Waals surface area contributed by atoms with Crippen LogP contribution in [0, 0.1) is 10.8 Å². The molecule has 8 nitrogen and oxygen atoms in total. The van der Waals surface area contributed by atoms with E-state index in [4.69, 9.17) is 0 Å². The quantitative estimate of drug-likeness (QED) is 0.748. The first-order chi connectivity index (χ1) is 14.1. The Bertz CT molecular complexity index is 1290. The molecule has 2 heterocycles.